The van der Waals surface area contributed by atoms with Gasteiger partial charge in [0, 0.05) is 11.5 Å². The molecule has 0 radical (unpaired) electrons. The zero-order valence-electron chi connectivity index (χ0n) is 6.75. The second-order valence-corrected chi connectivity index (χ2v) is 2.73. The van der Waals surface area contributed by atoms with Gasteiger partial charge in [0.15, 0.2) is 0 Å². The van der Waals surface area contributed by atoms with Gasteiger partial charge < -0.3 is 4.42 Å². The fraction of sp³-hybridized carbons (Fsp3) is 0.100. The number of alkyl halides is 1. The van der Waals surface area contributed by atoms with Crippen molar-refractivity contribution in [3.05, 3.63) is 35.6 Å². The highest BCUT2D eigenvalue weighted by atomic mass is 19.1. The molecule has 0 atom stereocenters. The summed E-state index contributed by atoms with van der Waals surface area (Å²) in [6.07, 6.45) is 0. The third kappa shape index (κ3) is 1.27. The highest BCUT2D eigenvalue weighted by Crippen LogP contribution is 2.20. The summed E-state index contributed by atoms with van der Waals surface area (Å²) in [6, 6.07) is 8.56. The molecule has 64 valence electrons. The number of hydrogen-bond acceptors (Lipinski definition) is 2. The van der Waals surface area contributed by atoms with E-state index in [2.05, 4.69) is 0 Å². The smallest absolute Gasteiger partial charge is 0.204 e. The zero-order chi connectivity index (χ0) is 9.26. The lowest BCUT2D eigenvalue weighted by Gasteiger charge is -1.91. The summed E-state index contributed by atoms with van der Waals surface area (Å²) in [5.41, 5.74) is 1.12. The quantitative estimate of drug-likeness (QED) is 0.668. The molecule has 0 bridgehead atoms. The van der Waals surface area contributed by atoms with Gasteiger partial charge >= 0.3 is 0 Å². The molecule has 0 unspecified atom stereocenters. The lowest BCUT2D eigenvalue weighted by Crippen LogP contribution is -1.75. The number of nitriles is 1. The summed E-state index contributed by atoms with van der Waals surface area (Å²) in [7, 11) is 0. The average molecular weight is 175 g/mol. The van der Waals surface area contributed by atoms with Gasteiger partial charge in [-0.1, -0.05) is 12.1 Å². The fourth-order valence-electron chi connectivity index (χ4n) is 1.21. The van der Waals surface area contributed by atoms with Crippen LogP contribution in [0.4, 0.5) is 4.39 Å². The molecule has 2 aromatic rings. The Morgan fingerprint density at radius 1 is 1.38 bits per heavy atom. The van der Waals surface area contributed by atoms with Gasteiger partial charge in [-0.3, -0.25) is 0 Å². The van der Waals surface area contributed by atoms with E-state index in [4.69, 9.17) is 9.68 Å². The van der Waals surface area contributed by atoms with Crippen molar-refractivity contribution in [1.82, 2.24) is 0 Å². The van der Waals surface area contributed by atoms with Crippen molar-refractivity contribution >= 4 is 11.0 Å². The monoisotopic (exact) mass is 175 g/mol. The third-order valence-corrected chi connectivity index (χ3v) is 1.85. The lowest BCUT2D eigenvalue weighted by atomic mass is 10.2. The third-order valence-electron chi connectivity index (χ3n) is 1.85. The first kappa shape index (κ1) is 7.81. The normalized spacial score (nSPS) is 10.2. The molecule has 2 nitrogen and oxygen atoms in total. The van der Waals surface area contributed by atoms with E-state index in [1.165, 1.54) is 0 Å². The number of hydrogen-bond donors (Lipinski definition) is 0. The van der Waals surface area contributed by atoms with Crippen molar-refractivity contribution < 1.29 is 8.81 Å². The van der Waals surface area contributed by atoms with Gasteiger partial charge in [0.1, 0.15) is 18.3 Å². The molecule has 0 aliphatic heterocycles. The van der Waals surface area contributed by atoms with Crippen molar-refractivity contribution in [2.75, 3.05) is 0 Å². The maximum atomic E-state index is 12.2. The van der Waals surface area contributed by atoms with Crippen LogP contribution in [-0.2, 0) is 6.67 Å². The molecule has 0 spiro atoms. The number of furan rings is 1. The van der Waals surface area contributed by atoms with Crippen LogP contribution in [0.3, 0.4) is 0 Å². The molecular weight excluding hydrogens is 169 g/mol. The van der Waals surface area contributed by atoms with E-state index in [1.54, 1.807) is 24.3 Å². The van der Waals surface area contributed by atoms with Gasteiger partial charge in [-0.25, -0.2) is 4.39 Å². The Morgan fingerprint density at radius 3 is 2.92 bits per heavy atom. The van der Waals surface area contributed by atoms with Crippen LogP contribution in [0.1, 0.15) is 11.3 Å². The van der Waals surface area contributed by atoms with Crippen LogP contribution >= 0.6 is 0 Å². The fourth-order valence-corrected chi connectivity index (χ4v) is 1.21. The summed E-state index contributed by atoms with van der Waals surface area (Å²) < 4.78 is 17.4. The second kappa shape index (κ2) is 2.91. The summed E-state index contributed by atoms with van der Waals surface area (Å²) >= 11 is 0. The Balaban J connectivity index is 2.65. The summed E-state index contributed by atoms with van der Waals surface area (Å²) in [6.45, 7) is -0.515. The first-order valence-corrected chi connectivity index (χ1v) is 3.82. The van der Waals surface area contributed by atoms with Crippen molar-refractivity contribution in [3.8, 4) is 6.07 Å². The molecule has 0 saturated heterocycles. The van der Waals surface area contributed by atoms with E-state index in [-0.39, 0.29) is 5.76 Å². The molecular formula is C10H6FNO. The number of halogens is 1. The first-order valence-electron chi connectivity index (χ1n) is 3.82. The summed E-state index contributed by atoms with van der Waals surface area (Å²) in [5.74, 6) is 0.256. The molecule has 1 aromatic heterocycles. The van der Waals surface area contributed by atoms with Crippen LogP contribution in [0.5, 0.6) is 0 Å². The molecule has 1 aromatic carbocycles. The van der Waals surface area contributed by atoms with Gasteiger partial charge in [0.05, 0.1) is 0 Å². The molecule has 3 heteroatoms. The van der Waals surface area contributed by atoms with Crippen LogP contribution in [0, 0.1) is 11.3 Å². The molecule has 2 rings (SSSR count). The van der Waals surface area contributed by atoms with Crippen LogP contribution in [0.15, 0.2) is 28.7 Å². The van der Waals surface area contributed by atoms with Gasteiger partial charge in [0.2, 0.25) is 5.76 Å². The highest BCUT2D eigenvalue weighted by Gasteiger charge is 2.03. The second-order valence-electron chi connectivity index (χ2n) is 2.73. The van der Waals surface area contributed by atoms with Crippen LogP contribution < -0.4 is 0 Å². The highest BCUT2D eigenvalue weighted by molar-refractivity contribution is 5.79. The summed E-state index contributed by atoms with van der Waals surface area (Å²) in [5, 5.41) is 9.37. The molecule has 0 aliphatic rings. The van der Waals surface area contributed by atoms with Crippen molar-refractivity contribution in [3.63, 3.8) is 0 Å². The Bertz CT molecular complexity index is 481. The lowest BCUT2D eigenvalue weighted by molar-refractivity contribution is 0.484. The van der Waals surface area contributed by atoms with Crippen molar-refractivity contribution in [2.24, 2.45) is 0 Å². The van der Waals surface area contributed by atoms with E-state index in [0.717, 1.165) is 5.39 Å². The number of rotatable bonds is 1. The van der Waals surface area contributed by atoms with Crippen molar-refractivity contribution in [1.29, 1.82) is 5.26 Å². The molecule has 0 N–H and O–H groups in total. The van der Waals surface area contributed by atoms with Gasteiger partial charge in [0.25, 0.3) is 0 Å². The molecule has 0 amide bonds. The molecule has 0 aliphatic carbocycles. The first-order chi connectivity index (χ1) is 6.33. The molecule has 0 saturated carbocycles. The molecule has 13 heavy (non-hydrogen) atoms. The minimum absolute atomic E-state index is 0.256. The van der Waals surface area contributed by atoms with E-state index < -0.39 is 6.67 Å². The largest absolute Gasteiger partial charge is 0.446 e. The number of benzene rings is 1. The van der Waals surface area contributed by atoms with Gasteiger partial charge in [-0.15, -0.1) is 0 Å². The maximum Gasteiger partial charge on any atom is 0.204 e. The average Bonchev–Trinajstić information content (AvgIpc) is 2.58. The van der Waals surface area contributed by atoms with E-state index in [1.807, 2.05) is 6.07 Å². The topological polar surface area (TPSA) is 36.9 Å². The predicted molar refractivity (Wildman–Crippen MR) is 45.7 cm³/mol. The van der Waals surface area contributed by atoms with Gasteiger partial charge in [-0.2, -0.15) is 5.26 Å². The van der Waals surface area contributed by atoms with Crippen molar-refractivity contribution in [2.45, 2.75) is 6.67 Å². The number of nitrogens with zero attached hydrogens (tertiary/aromatic N) is 1. The minimum Gasteiger partial charge on any atom is -0.446 e. The predicted octanol–water partition coefficient (Wildman–Crippen LogP) is 2.77. The maximum absolute atomic E-state index is 12.2. The Kier molecular flexibility index (Phi) is 1.75. The SMILES string of the molecule is N#Cc1cc2ccc(CF)cc2o1. The Labute approximate surface area is 74.2 Å². The van der Waals surface area contributed by atoms with E-state index in [9.17, 15) is 4.39 Å². The summed E-state index contributed by atoms with van der Waals surface area (Å²) in [4.78, 5) is 0. The minimum atomic E-state index is -0.515. The van der Waals surface area contributed by atoms with E-state index >= 15 is 0 Å². The van der Waals surface area contributed by atoms with Crippen LogP contribution in [-0.4, -0.2) is 0 Å². The molecule has 0 fully saturated rings. The van der Waals surface area contributed by atoms with Crippen LogP contribution in [0.25, 0.3) is 11.0 Å². The Morgan fingerprint density at radius 2 is 2.23 bits per heavy atom. The van der Waals surface area contributed by atoms with E-state index in [0.29, 0.717) is 11.1 Å². The number of fused-ring (bicyclic) bond motifs is 1. The molecule has 1 heterocycles. The Hall–Kier alpha value is -1.82. The zero-order valence-corrected chi connectivity index (χ0v) is 6.75. The standard InChI is InChI=1S/C10H6FNO/c11-5-7-1-2-8-4-9(6-12)13-10(8)3-7/h1-4H,5H2. The van der Waals surface area contributed by atoms with Gasteiger partial charge in [-0.05, 0) is 11.6 Å². The van der Waals surface area contributed by atoms with Crippen LogP contribution in [0.2, 0.25) is 0 Å².